The Kier molecular flexibility index (Phi) is 4.50. The fourth-order valence-corrected chi connectivity index (χ4v) is 4.23. The minimum absolute atomic E-state index is 0.0761. The van der Waals surface area contributed by atoms with E-state index in [2.05, 4.69) is 6.92 Å². The van der Waals surface area contributed by atoms with Gasteiger partial charge < -0.3 is 14.7 Å². The first kappa shape index (κ1) is 15.5. The quantitative estimate of drug-likeness (QED) is 0.877. The van der Waals surface area contributed by atoms with Crippen molar-refractivity contribution in [2.75, 3.05) is 13.2 Å². The van der Waals surface area contributed by atoms with Gasteiger partial charge in [0, 0.05) is 17.5 Å². The number of hydrogen-bond acceptors (Lipinski definition) is 3. The van der Waals surface area contributed by atoms with Gasteiger partial charge in [-0.05, 0) is 31.2 Å². The van der Waals surface area contributed by atoms with E-state index in [1.54, 1.807) is 0 Å². The second-order valence-corrected chi connectivity index (χ2v) is 6.60. The summed E-state index contributed by atoms with van der Waals surface area (Å²) in [7, 11) is 0. The molecular weight excluding hydrogens is 278 g/mol. The number of ether oxygens (including phenoxy) is 1. The molecule has 0 radical (unpaired) electrons. The van der Waals surface area contributed by atoms with Crippen LogP contribution < -0.4 is 0 Å². The van der Waals surface area contributed by atoms with Crippen molar-refractivity contribution in [1.29, 1.82) is 0 Å². The average Bonchev–Trinajstić information content (AvgIpc) is 3.11. The van der Waals surface area contributed by atoms with Gasteiger partial charge in [0.1, 0.15) is 6.61 Å². The summed E-state index contributed by atoms with van der Waals surface area (Å²) in [4.78, 5) is 14.5. The Hall–Kier alpha value is -1.39. The van der Waals surface area contributed by atoms with Crippen LogP contribution in [0.15, 0.2) is 30.3 Å². The Morgan fingerprint density at radius 1 is 1.36 bits per heavy atom. The third-order valence-electron chi connectivity index (χ3n) is 5.50. The normalized spacial score (nSPS) is 30.0. The van der Waals surface area contributed by atoms with E-state index in [4.69, 9.17) is 4.74 Å². The molecule has 0 saturated carbocycles. The summed E-state index contributed by atoms with van der Waals surface area (Å²) >= 11 is 0. The molecule has 1 aromatic carbocycles. The van der Waals surface area contributed by atoms with Crippen molar-refractivity contribution in [2.24, 2.45) is 5.41 Å². The minimum Gasteiger partial charge on any atom is -0.396 e. The van der Waals surface area contributed by atoms with Gasteiger partial charge in [0.05, 0.1) is 13.2 Å². The number of aliphatic hydroxyl groups excluding tert-OH is 1. The maximum Gasteiger partial charge on any atom is 0.249 e. The Balaban J connectivity index is 1.57. The maximum absolute atomic E-state index is 12.5. The van der Waals surface area contributed by atoms with Crippen molar-refractivity contribution in [2.45, 2.75) is 51.3 Å². The summed E-state index contributed by atoms with van der Waals surface area (Å²) in [6, 6.07) is 10.4. The second-order valence-electron chi connectivity index (χ2n) is 6.60. The van der Waals surface area contributed by atoms with E-state index in [-0.39, 0.29) is 30.6 Å². The number of aliphatic hydroxyl groups is 1. The third-order valence-corrected chi connectivity index (χ3v) is 5.50. The Labute approximate surface area is 132 Å². The van der Waals surface area contributed by atoms with E-state index >= 15 is 0 Å². The maximum atomic E-state index is 12.5. The van der Waals surface area contributed by atoms with Crippen LogP contribution in [-0.2, 0) is 16.1 Å². The highest BCUT2D eigenvalue weighted by Crippen LogP contribution is 2.51. The number of benzene rings is 1. The predicted molar refractivity (Wildman–Crippen MR) is 84.2 cm³/mol. The van der Waals surface area contributed by atoms with E-state index in [1.807, 2.05) is 35.2 Å². The topological polar surface area (TPSA) is 49.8 Å². The largest absolute Gasteiger partial charge is 0.396 e. The number of fused-ring (bicyclic) bond motifs is 2. The molecule has 0 unspecified atom stereocenters. The highest BCUT2D eigenvalue weighted by molar-refractivity contribution is 5.79. The van der Waals surface area contributed by atoms with Crippen LogP contribution in [0.25, 0.3) is 0 Å². The van der Waals surface area contributed by atoms with Gasteiger partial charge in [0.2, 0.25) is 5.91 Å². The number of carbonyl (C=O) groups is 1. The lowest BCUT2D eigenvalue weighted by molar-refractivity contribution is -0.138. The van der Waals surface area contributed by atoms with Crippen molar-refractivity contribution in [3.63, 3.8) is 0 Å². The fraction of sp³-hybridized carbons (Fsp3) is 0.611. The van der Waals surface area contributed by atoms with Crippen LogP contribution in [0.4, 0.5) is 0 Å². The molecule has 2 aliphatic heterocycles. The average molecular weight is 303 g/mol. The number of nitrogens with zero attached hydrogens (tertiary/aromatic N) is 1. The van der Waals surface area contributed by atoms with Gasteiger partial charge in [-0.15, -0.1) is 0 Å². The van der Waals surface area contributed by atoms with Crippen molar-refractivity contribution in [3.05, 3.63) is 35.9 Å². The van der Waals surface area contributed by atoms with E-state index in [0.717, 1.165) is 31.2 Å². The first-order valence-electron chi connectivity index (χ1n) is 8.24. The first-order valence-corrected chi connectivity index (χ1v) is 8.24. The summed E-state index contributed by atoms with van der Waals surface area (Å²) < 4.78 is 5.60. The highest BCUT2D eigenvalue weighted by atomic mass is 16.5. The first-order chi connectivity index (χ1) is 10.7. The summed E-state index contributed by atoms with van der Waals surface area (Å²) in [5.41, 5.74) is 0.996. The molecule has 2 aliphatic rings. The molecule has 0 aromatic heterocycles. The SMILES string of the molecule is CC[C@@]1(CO)C[C@@H]2CC[C@H]1N2C(=O)COCc1ccccc1. The molecule has 2 fully saturated rings. The number of hydrogen-bond donors (Lipinski definition) is 1. The van der Waals surface area contributed by atoms with Gasteiger partial charge in [0.25, 0.3) is 0 Å². The molecule has 22 heavy (non-hydrogen) atoms. The molecule has 0 aliphatic carbocycles. The Morgan fingerprint density at radius 2 is 2.14 bits per heavy atom. The van der Waals surface area contributed by atoms with Gasteiger partial charge in [-0.25, -0.2) is 0 Å². The van der Waals surface area contributed by atoms with Crippen LogP contribution in [0.2, 0.25) is 0 Å². The van der Waals surface area contributed by atoms with Crippen LogP contribution in [0.3, 0.4) is 0 Å². The summed E-state index contributed by atoms with van der Waals surface area (Å²) in [5.74, 6) is 0.0761. The monoisotopic (exact) mass is 303 g/mol. The van der Waals surface area contributed by atoms with Crippen LogP contribution >= 0.6 is 0 Å². The molecule has 1 N–H and O–H groups in total. The molecular formula is C18H25NO3. The number of amides is 1. The molecule has 4 nitrogen and oxygen atoms in total. The highest BCUT2D eigenvalue weighted by Gasteiger charge is 2.56. The van der Waals surface area contributed by atoms with Gasteiger partial charge in [-0.3, -0.25) is 4.79 Å². The standard InChI is InChI=1S/C18H25NO3/c1-2-18(13-20)10-15-8-9-16(18)19(15)17(21)12-22-11-14-6-4-3-5-7-14/h3-7,15-16,20H,2,8-13H2,1H3/t15-,16+,18-/m0/s1. The number of rotatable bonds is 6. The zero-order valence-corrected chi connectivity index (χ0v) is 13.2. The molecule has 1 amide bonds. The van der Waals surface area contributed by atoms with Crippen molar-refractivity contribution in [1.82, 2.24) is 4.90 Å². The molecule has 3 rings (SSSR count). The molecule has 2 bridgehead atoms. The number of carbonyl (C=O) groups excluding carboxylic acids is 1. The second kappa shape index (κ2) is 6.39. The van der Waals surface area contributed by atoms with E-state index < -0.39 is 0 Å². The van der Waals surface area contributed by atoms with Crippen LogP contribution in [0, 0.1) is 5.41 Å². The lowest BCUT2D eigenvalue weighted by Gasteiger charge is -2.34. The summed E-state index contributed by atoms with van der Waals surface area (Å²) in [6.45, 7) is 2.90. The fourth-order valence-electron chi connectivity index (χ4n) is 4.23. The molecule has 0 spiro atoms. The van der Waals surface area contributed by atoms with E-state index in [1.165, 1.54) is 0 Å². The smallest absolute Gasteiger partial charge is 0.249 e. The molecule has 1 aromatic rings. The van der Waals surface area contributed by atoms with Crippen molar-refractivity contribution < 1.29 is 14.6 Å². The lowest BCUT2D eigenvalue weighted by atomic mass is 9.72. The van der Waals surface area contributed by atoms with Gasteiger partial charge in [0.15, 0.2) is 0 Å². The van der Waals surface area contributed by atoms with E-state index in [0.29, 0.717) is 12.6 Å². The molecule has 2 saturated heterocycles. The molecule has 4 heteroatoms. The van der Waals surface area contributed by atoms with Gasteiger partial charge in [-0.2, -0.15) is 0 Å². The lowest BCUT2D eigenvalue weighted by Crippen LogP contribution is -2.43. The van der Waals surface area contributed by atoms with Crippen LogP contribution in [0.1, 0.15) is 38.2 Å². The summed E-state index contributed by atoms with van der Waals surface area (Å²) in [5, 5.41) is 9.79. The predicted octanol–water partition coefficient (Wildman–Crippen LogP) is 2.36. The van der Waals surface area contributed by atoms with Gasteiger partial charge >= 0.3 is 0 Å². The van der Waals surface area contributed by atoms with Crippen molar-refractivity contribution in [3.8, 4) is 0 Å². The third kappa shape index (κ3) is 2.66. The molecule has 120 valence electrons. The van der Waals surface area contributed by atoms with Crippen LogP contribution in [-0.4, -0.2) is 41.2 Å². The Morgan fingerprint density at radius 3 is 2.77 bits per heavy atom. The van der Waals surface area contributed by atoms with Crippen LogP contribution in [0.5, 0.6) is 0 Å². The van der Waals surface area contributed by atoms with Gasteiger partial charge in [-0.1, -0.05) is 37.3 Å². The Bertz CT molecular complexity index is 512. The van der Waals surface area contributed by atoms with Crippen molar-refractivity contribution >= 4 is 5.91 Å². The molecule has 2 heterocycles. The minimum atomic E-state index is -0.0853. The van der Waals surface area contributed by atoms with E-state index in [9.17, 15) is 9.90 Å². The zero-order valence-electron chi connectivity index (χ0n) is 13.2. The molecule has 3 atom stereocenters. The zero-order chi connectivity index (χ0) is 15.6. The summed E-state index contributed by atoms with van der Waals surface area (Å²) in [6.07, 6.45) is 3.95.